The molecule has 18 heavy (non-hydrogen) atoms. The molecule has 0 spiro atoms. The lowest BCUT2D eigenvalue weighted by Crippen LogP contribution is -2.43. The van der Waals surface area contributed by atoms with Gasteiger partial charge in [-0.3, -0.25) is 4.90 Å². The summed E-state index contributed by atoms with van der Waals surface area (Å²) >= 11 is 0. The fourth-order valence-corrected chi connectivity index (χ4v) is 1.80. The van der Waals surface area contributed by atoms with Crippen molar-refractivity contribution in [3.63, 3.8) is 0 Å². The Morgan fingerprint density at radius 3 is 2.00 bits per heavy atom. The van der Waals surface area contributed by atoms with E-state index >= 15 is 0 Å². The molecule has 0 amide bonds. The Bertz CT molecular complexity index is 261. The number of nitrogens with one attached hydrogen (secondary N) is 1. The van der Waals surface area contributed by atoms with E-state index < -0.39 is 12.1 Å². The van der Waals surface area contributed by atoms with Crippen molar-refractivity contribution in [3.05, 3.63) is 0 Å². The third-order valence-corrected chi connectivity index (χ3v) is 2.77. The number of halogens is 3. The van der Waals surface area contributed by atoms with Crippen LogP contribution in [0.1, 0.15) is 27.7 Å². The minimum Gasteiger partial charge on any atom is -0.314 e. The van der Waals surface area contributed by atoms with Crippen LogP contribution in [0, 0.1) is 17.2 Å². The van der Waals surface area contributed by atoms with Crippen molar-refractivity contribution < 1.29 is 13.2 Å². The van der Waals surface area contributed by atoms with Crippen LogP contribution in [0.3, 0.4) is 0 Å². The Kier molecular flexibility index (Phi) is 7.26. The molecule has 0 radical (unpaired) electrons. The molecule has 1 unspecified atom stereocenters. The molecule has 0 rings (SSSR count). The zero-order valence-electron chi connectivity index (χ0n) is 11.4. The lowest BCUT2D eigenvalue weighted by molar-refractivity contribution is -0.157. The average molecular weight is 265 g/mol. The predicted molar refractivity (Wildman–Crippen MR) is 65.0 cm³/mol. The Morgan fingerprint density at radius 2 is 1.67 bits per heavy atom. The second kappa shape index (κ2) is 7.59. The van der Waals surface area contributed by atoms with Gasteiger partial charge >= 0.3 is 6.18 Å². The quantitative estimate of drug-likeness (QED) is 0.718. The summed E-state index contributed by atoms with van der Waals surface area (Å²) in [6.07, 6.45) is -4.45. The van der Waals surface area contributed by atoms with Gasteiger partial charge in [0.15, 0.2) is 5.92 Å². The van der Waals surface area contributed by atoms with Crippen molar-refractivity contribution in [2.24, 2.45) is 5.92 Å². The van der Waals surface area contributed by atoms with Gasteiger partial charge in [0.05, 0.1) is 6.07 Å². The lowest BCUT2D eigenvalue weighted by atomic mass is 10.1. The van der Waals surface area contributed by atoms with Crippen LogP contribution in [-0.2, 0) is 0 Å². The maximum atomic E-state index is 12.3. The Morgan fingerprint density at radius 1 is 1.17 bits per heavy atom. The number of nitriles is 1. The summed E-state index contributed by atoms with van der Waals surface area (Å²) in [5.41, 5.74) is 0. The molecule has 0 aliphatic carbocycles. The molecule has 0 aromatic rings. The van der Waals surface area contributed by atoms with E-state index in [2.05, 4.69) is 10.2 Å². The Labute approximate surface area is 107 Å². The molecule has 0 aliphatic heterocycles. The van der Waals surface area contributed by atoms with Gasteiger partial charge in [-0.25, -0.2) is 0 Å². The van der Waals surface area contributed by atoms with E-state index in [0.29, 0.717) is 25.2 Å². The van der Waals surface area contributed by atoms with Crippen LogP contribution in [0.4, 0.5) is 13.2 Å². The fraction of sp³-hybridized carbons (Fsp3) is 0.917. The van der Waals surface area contributed by atoms with E-state index in [1.165, 1.54) is 6.07 Å². The number of hydrogen-bond donors (Lipinski definition) is 1. The van der Waals surface area contributed by atoms with Crippen molar-refractivity contribution in [1.29, 1.82) is 5.26 Å². The van der Waals surface area contributed by atoms with E-state index in [1.807, 2.05) is 27.7 Å². The van der Waals surface area contributed by atoms with Gasteiger partial charge in [0, 0.05) is 31.7 Å². The van der Waals surface area contributed by atoms with Gasteiger partial charge in [0.2, 0.25) is 0 Å². The molecule has 0 bridgehead atoms. The number of alkyl halides is 3. The van der Waals surface area contributed by atoms with Gasteiger partial charge in [-0.05, 0) is 27.7 Å². The second-order valence-corrected chi connectivity index (χ2v) is 4.85. The van der Waals surface area contributed by atoms with Crippen molar-refractivity contribution >= 4 is 0 Å². The van der Waals surface area contributed by atoms with Gasteiger partial charge < -0.3 is 5.32 Å². The largest absolute Gasteiger partial charge is 0.405 e. The van der Waals surface area contributed by atoms with Gasteiger partial charge in [0.25, 0.3) is 0 Å². The van der Waals surface area contributed by atoms with E-state index in [4.69, 9.17) is 5.26 Å². The highest BCUT2D eigenvalue weighted by Gasteiger charge is 2.39. The molecule has 0 aromatic carbocycles. The van der Waals surface area contributed by atoms with Crippen LogP contribution >= 0.6 is 0 Å². The second-order valence-electron chi connectivity index (χ2n) is 4.85. The van der Waals surface area contributed by atoms with Crippen molar-refractivity contribution in [3.8, 4) is 6.07 Å². The van der Waals surface area contributed by atoms with Crippen LogP contribution in [0.15, 0.2) is 0 Å². The third-order valence-electron chi connectivity index (χ3n) is 2.77. The van der Waals surface area contributed by atoms with Crippen LogP contribution in [0.25, 0.3) is 0 Å². The third kappa shape index (κ3) is 6.22. The van der Waals surface area contributed by atoms with E-state index in [1.54, 1.807) is 0 Å². The Balaban J connectivity index is 4.02. The summed E-state index contributed by atoms with van der Waals surface area (Å²) < 4.78 is 36.9. The molecular weight excluding hydrogens is 243 g/mol. The molecule has 0 fully saturated rings. The summed E-state index contributed by atoms with van der Waals surface area (Å²) in [6.45, 7) is 8.98. The maximum absolute atomic E-state index is 12.3. The summed E-state index contributed by atoms with van der Waals surface area (Å²) in [6, 6.07) is 1.97. The van der Waals surface area contributed by atoms with Crippen molar-refractivity contribution in [2.45, 2.75) is 46.0 Å². The molecule has 6 heteroatoms. The average Bonchev–Trinajstić information content (AvgIpc) is 2.20. The maximum Gasteiger partial charge on any atom is 0.405 e. The van der Waals surface area contributed by atoms with Crippen LogP contribution < -0.4 is 5.32 Å². The highest BCUT2D eigenvalue weighted by atomic mass is 19.4. The molecule has 1 N–H and O–H groups in total. The molecule has 3 nitrogen and oxygen atoms in total. The minimum absolute atomic E-state index is 0.343. The topological polar surface area (TPSA) is 39.1 Å². The smallest absolute Gasteiger partial charge is 0.314 e. The van der Waals surface area contributed by atoms with E-state index in [0.717, 1.165) is 0 Å². The van der Waals surface area contributed by atoms with Gasteiger partial charge in [-0.1, -0.05) is 0 Å². The first-order valence-electron chi connectivity index (χ1n) is 6.13. The van der Waals surface area contributed by atoms with E-state index in [-0.39, 0.29) is 6.54 Å². The van der Waals surface area contributed by atoms with Crippen LogP contribution in [-0.4, -0.2) is 42.8 Å². The molecule has 106 valence electrons. The molecule has 0 saturated carbocycles. The zero-order chi connectivity index (χ0) is 14.3. The summed E-state index contributed by atoms with van der Waals surface area (Å²) in [7, 11) is 0. The first-order valence-corrected chi connectivity index (χ1v) is 6.13. The van der Waals surface area contributed by atoms with Crippen LogP contribution in [0.2, 0.25) is 0 Å². The predicted octanol–water partition coefficient (Wildman–Crippen LogP) is 2.40. The Hall–Kier alpha value is -0.800. The highest BCUT2D eigenvalue weighted by Crippen LogP contribution is 2.24. The van der Waals surface area contributed by atoms with Gasteiger partial charge in [-0.2, -0.15) is 18.4 Å². The zero-order valence-corrected chi connectivity index (χ0v) is 11.4. The first kappa shape index (κ1) is 17.2. The SMILES string of the molecule is CC(C)N(CCNCC(C#N)C(F)(F)F)C(C)C. The number of rotatable bonds is 7. The number of hydrogen-bond acceptors (Lipinski definition) is 3. The monoisotopic (exact) mass is 265 g/mol. The molecule has 0 saturated heterocycles. The summed E-state index contributed by atoms with van der Waals surface area (Å²) in [4.78, 5) is 2.18. The van der Waals surface area contributed by atoms with E-state index in [9.17, 15) is 13.2 Å². The molecule has 0 aliphatic rings. The van der Waals surface area contributed by atoms with Gasteiger partial charge in [0.1, 0.15) is 0 Å². The van der Waals surface area contributed by atoms with Crippen LogP contribution in [0.5, 0.6) is 0 Å². The molecule has 0 heterocycles. The standard InChI is InChI=1S/C12H22F3N3/c1-9(2)18(10(3)4)6-5-17-8-11(7-16)12(13,14)15/h9-11,17H,5-6,8H2,1-4H3. The summed E-state index contributed by atoms with van der Waals surface area (Å²) in [5, 5.41) is 11.1. The highest BCUT2D eigenvalue weighted by molar-refractivity contribution is 4.89. The molecule has 1 atom stereocenters. The number of nitrogens with zero attached hydrogens (tertiary/aromatic N) is 2. The van der Waals surface area contributed by atoms with Gasteiger partial charge in [-0.15, -0.1) is 0 Å². The fourth-order valence-electron chi connectivity index (χ4n) is 1.80. The minimum atomic E-state index is -4.45. The molecular formula is C12H22F3N3. The normalized spacial score (nSPS) is 14.3. The lowest BCUT2D eigenvalue weighted by Gasteiger charge is -2.30. The van der Waals surface area contributed by atoms with Crippen molar-refractivity contribution in [2.75, 3.05) is 19.6 Å². The summed E-state index contributed by atoms with van der Waals surface area (Å²) in [5.74, 6) is -1.93. The van der Waals surface area contributed by atoms with Crippen molar-refractivity contribution in [1.82, 2.24) is 10.2 Å². The first-order chi connectivity index (χ1) is 8.20. The molecule has 0 aromatic heterocycles.